The summed E-state index contributed by atoms with van der Waals surface area (Å²) in [6, 6.07) is 14.1. The average molecular weight is 381 g/mol. The molecule has 0 radical (unpaired) electrons. The Labute approximate surface area is 165 Å². The molecule has 0 atom stereocenters. The number of aromatic nitrogens is 4. The van der Waals surface area contributed by atoms with Crippen molar-refractivity contribution < 1.29 is 9.47 Å². The highest BCUT2D eigenvalue weighted by atomic mass is 16.5. The van der Waals surface area contributed by atoms with Gasteiger partial charge in [0.1, 0.15) is 6.61 Å². The summed E-state index contributed by atoms with van der Waals surface area (Å²) in [6.45, 7) is 6.14. The maximum absolute atomic E-state index is 5.98. The van der Waals surface area contributed by atoms with Crippen LogP contribution in [0.5, 0.6) is 11.5 Å². The van der Waals surface area contributed by atoms with Crippen molar-refractivity contribution in [2.24, 2.45) is 0 Å². The van der Waals surface area contributed by atoms with Gasteiger partial charge in [-0.3, -0.25) is 0 Å². The second kappa shape index (κ2) is 9.73. The zero-order chi connectivity index (χ0) is 19.8. The lowest BCUT2D eigenvalue weighted by Gasteiger charge is -2.14. The first-order valence-corrected chi connectivity index (χ1v) is 9.55. The maximum Gasteiger partial charge on any atom is 0.243 e. The van der Waals surface area contributed by atoms with Gasteiger partial charge in [0.25, 0.3) is 0 Å². The number of hydrogen-bond acceptors (Lipinski definition) is 6. The third-order valence-corrected chi connectivity index (χ3v) is 4.58. The van der Waals surface area contributed by atoms with Crippen molar-refractivity contribution in [2.45, 2.75) is 46.4 Å². The van der Waals surface area contributed by atoms with Crippen molar-refractivity contribution in [1.29, 1.82) is 0 Å². The van der Waals surface area contributed by atoms with Gasteiger partial charge in [0.05, 0.1) is 7.11 Å². The van der Waals surface area contributed by atoms with E-state index in [2.05, 4.69) is 46.8 Å². The molecule has 3 rings (SSSR count). The summed E-state index contributed by atoms with van der Waals surface area (Å²) < 4.78 is 13.3. The van der Waals surface area contributed by atoms with Gasteiger partial charge in [-0.1, -0.05) is 48.8 Å². The molecule has 3 aromatic rings. The van der Waals surface area contributed by atoms with Crippen LogP contribution in [-0.4, -0.2) is 27.3 Å². The minimum atomic E-state index is 0.507. The quantitative estimate of drug-likeness (QED) is 0.573. The van der Waals surface area contributed by atoms with Crippen LogP contribution in [0.15, 0.2) is 42.5 Å². The normalized spacial score (nSPS) is 10.7. The Morgan fingerprint density at radius 3 is 2.75 bits per heavy atom. The molecular formula is C21H27N5O2. The number of aryl methyl sites for hydroxylation is 2. The number of nitrogens with zero attached hydrogens (tertiary/aromatic N) is 4. The summed E-state index contributed by atoms with van der Waals surface area (Å²) >= 11 is 0. The largest absolute Gasteiger partial charge is 0.493 e. The van der Waals surface area contributed by atoms with E-state index in [0.717, 1.165) is 36.3 Å². The van der Waals surface area contributed by atoms with Crippen molar-refractivity contribution in [1.82, 2.24) is 20.2 Å². The Hall–Kier alpha value is -3.09. The first-order valence-electron chi connectivity index (χ1n) is 9.55. The average Bonchev–Trinajstić information content (AvgIpc) is 3.17. The number of ether oxygens (including phenoxy) is 2. The van der Waals surface area contributed by atoms with Crippen LogP contribution in [0.2, 0.25) is 0 Å². The van der Waals surface area contributed by atoms with Gasteiger partial charge in [-0.2, -0.15) is 0 Å². The molecule has 0 saturated heterocycles. The predicted octanol–water partition coefficient (Wildman–Crippen LogP) is 3.98. The Balaban J connectivity index is 1.63. The van der Waals surface area contributed by atoms with E-state index in [-0.39, 0.29) is 0 Å². The third-order valence-electron chi connectivity index (χ3n) is 4.58. The lowest BCUT2D eigenvalue weighted by atomic mass is 10.1. The zero-order valence-corrected chi connectivity index (χ0v) is 16.7. The van der Waals surface area contributed by atoms with Crippen LogP contribution in [0, 0.1) is 6.92 Å². The molecule has 28 heavy (non-hydrogen) atoms. The Morgan fingerprint density at radius 1 is 1.11 bits per heavy atom. The highest BCUT2D eigenvalue weighted by Crippen LogP contribution is 2.29. The Bertz CT molecular complexity index is 894. The summed E-state index contributed by atoms with van der Waals surface area (Å²) in [5, 5.41) is 15.1. The summed E-state index contributed by atoms with van der Waals surface area (Å²) in [7, 11) is 1.65. The lowest BCUT2D eigenvalue weighted by Crippen LogP contribution is -2.09. The van der Waals surface area contributed by atoms with Crippen LogP contribution in [0.25, 0.3) is 0 Å². The van der Waals surface area contributed by atoms with Crippen LogP contribution in [0.3, 0.4) is 0 Å². The molecule has 0 fully saturated rings. The smallest absolute Gasteiger partial charge is 0.243 e. The van der Waals surface area contributed by atoms with Crippen molar-refractivity contribution in [2.75, 3.05) is 12.4 Å². The van der Waals surface area contributed by atoms with Crippen molar-refractivity contribution in [3.8, 4) is 11.5 Å². The molecule has 1 heterocycles. The van der Waals surface area contributed by atoms with Gasteiger partial charge in [0, 0.05) is 13.1 Å². The van der Waals surface area contributed by atoms with Gasteiger partial charge < -0.3 is 14.8 Å². The number of anilines is 1. The topological polar surface area (TPSA) is 74.1 Å². The molecule has 148 valence electrons. The predicted molar refractivity (Wildman–Crippen MR) is 109 cm³/mol. The van der Waals surface area contributed by atoms with Gasteiger partial charge in [-0.25, -0.2) is 4.68 Å². The minimum Gasteiger partial charge on any atom is -0.493 e. The van der Waals surface area contributed by atoms with Gasteiger partial charge in [-0.05, 0) is 52.6 Å². The zero-order valence-electron chi connectivity index (χ0n) is 16.7. The SMILES string of the molecule is CCCCn1nnnc1NCc1ccc(OCc2ccccc2C)c(OC)c1. The number of benzene rings is 2. The Morgan fingerprint density at radius 2 is 1.96 bits per heavy atom. The lowest BCUT2D eigenvalue weighted by molar-refractivity contribution is 0.283. The molecule has 0 unspecified atom stereocenters. The maximum atomic E-state index is 5.98. The molecule has 0 aliphatic carbocycles. The molecule has 1 N–H and O–H groups in total. The monoisotopic (exact) mass is 381 g/mol. The number of methoxy groups -OCH3 is 1. The molecule has 0 aliphatic heterocycles. The van der Waals surface area contributed by atoms with Gasteiger partial charge in [0.2, 0.25) is 5.95 Å². The summed E-state index contributed by atoms with van der Waals surface area (Å²) in [5.74, 6) is 2.10. The van der Waals surface area contributed by atoms with Gasteiger partial charge in [-0.15, -0.1) is 0 Å². The van der Waals surface area contributed by atoms with Crippen LogP contribution in [0.1, 0.15) is 36.5 Å². The summed E-state index contributed by atoms with van der Waals surface area (Å²) in [6.07, 6.45) is 2.14. The number of unbranched alkanes of at least 4 members (excludes halogenated alkanes) is 1. The Kier molecular flexibility index (Phi) is 6.84. The molecular weight excluding hydrogens is 354 g/mol. The van der Waals surface area contributed by atoms with Crippen LogP contribution < -0.4 is 14.8 Å². The van der Waals surface area contributed by atoms with E-state index in [0.29, 0.717) is 24.8 Å². The van der Waals surface area contributed by atoms with Crippen molar-refractivity contribution >= 4 is 5.95 Å². The highest BCUT2D eigenvalue weighted by Gasteiger charge is 2.09. The molecule has 0 amide bonds. The molecule has 1 aromatic heterocycles. The molecule has 0 aliphatic rings. The van der Waals surface area contributed by atoms with Crippen LogP contribution in [0.4, 0.5) is 5.95 Å². The van der Waals surface area contributed by atoms with E-state index in [9.17, 15) is 0 Å². The number of hydrogen-bond donors (Lipinski definition) is 1. The fraction of sp³-hybridized carbons (Fsp3) is 0.381. The number of rotatable bonds is 10. The van der Waals surface area contributed by atoms with Gasteiger partial charge >= 0.3 is 0 Å². The van der Waals surface area contributed by atoms with Crippen LogP contribution in [-0.2, 0) is 19.7 Å². The van der Waals surface area contributed by atoms with Gasteiger partial charge in [0.15, 0.2) is 11.5 Å². The molecule has 0 saturated carbocycles. The summed E-state index contributed by atoms with van der Waals surface area (Å²) in [4.78, 5) is 0. The summed E-state index contributed by atoms with van der Waals surface area (Å²) in [5.41, 5.74) is 3.43. The van der Waals surface area contributed by atoms with E-state index < -0.39 is 0 Å². The van der Waals surface area contributed by atoms with E-state index in [1.165, 1.54) is 5.56 Å². The second-order valence-electron chi connectivity index (χ2n) is 6.63. The van der Waals surface area contributed by atoms with E-state index in [1.54, 1.807) is 11.8 Å². The first kappa shape index (κ1) is 19.7. The third kappa shape index (κ3) is 5.00. The minimum absolute atomic E-state index is 0.507. The molecule has 7 heteroatoms. The molecule has 2 aromatic carbocycles. The van der Waals surface area contributed by atoms with E-state index in [4.69, 9.17) is 9.47 Å². The fourth-order valence-corrected chi connectivity index (χ4v) is 2.84. The molecule has 0 spiro atoms. The highest BCUT2D eigenvalue weighted by molar-refractivity contribution is 5.44. The standard InChI is InChI=1S/C21H27N5O2/c1-4-5-12-26-21(23-24-25-26)22-14-17-10-11-19(20(13-17)27-3)28-15-18-9-7-6-8-16(18)2/h6-11,13H,4-5,12,14-15H2,1-3H3,(H,22,23,25). The van der Waals surface area contributed by atoms with Crippen molar-refractivity contribution in [3.63, 3.8) is 0 Å². The first-order chi connectivity index (χ1) is 13.7. The van der Waals surface area contributed by atoms with Crippen molar-refractivity contribution in [3.05, 3.63) is 59.2 Å². The van der Waals surface area contributed by atoms with E-state index in [1.807, 2.05) is 30.3 Å². The number of nitrogens with one attached hydrogen (secondary N) is 1. The molecule has 7 nitrogen and oxygen atoms in total. The number of tetrazole rings is 1. The second-order valence-corrected chi connectivity index (χ2v) is 6.63. The van der Waals surface area contributed by atoms with Crippen LogP contribution >= 0.6 is 0 Å². The molecule has 0 bridgehead atoms. The fourth-order valence-electron chi connectivity index (χ4n) is 2.84. The van der Waals surface area contributed by atoms with E-state index >= 15 is 0 Å².